The third-order valence-corrected chi connectivity index (χ3v) is 16.3. The second kappa shape index (κ2) is 19.7. The molecular weight excluding hydrogens is 980 g/mol. The van der Waals surface area contributed by atoms with Crippen molar-refractivity contribution in [1.82, 2.24) is 29.4 Å². The summed E-state index contributed by atoms with van der Waals surface area (Å²) in [6.07, 6.45) is 10.9. The average Bonchev–Trinajstić information content (AvgIpc) is 4.34. The summed E-state index contributed by atoms with van der Waals surface area (Å²) < 4.78 is 2.77. The van der Waals surface area contributed by atoms with E-state index in [1.165, 1.54) is 9.36 Å². The minimum absolute atomic E-state index is 0.0562. The SMILES string of the molecule is CC1CN(C(=O)c2ccc3c(C4=CC[C@@H](C(=O)O)CC4)nn(C(=O)c4c(Cl)cccc4C4CC4)c3c2)C1.CC1CN(C(=O)c2ccc3c(C4=CC[C@H](C(=O)O)CC4)nn(C(=O)c4c(Cl)cccc4C4CC4)c3c2)C1. The summed E-state index contributed by atoms with van der Waals surface area (Å²) in [5.41, 5.74) is 8.10. The Labute approximate surface area is 437 Å². The number of allylic oxidation sites excluding steroid dienone is 4. The van der Waals surface area contributed by atoms with Gasteiger partial charge in [-0.25, -0.2) is 0 Å². The Kier molecular flexibility index (Phi) is 13.2. The first-order chi connectivity index (χ1) is 35.6. The maximum absolute atomic E-state index is 14.0. The molecule has 4 fully saturated rings. The van der Waals surface area contributed by atoms with E-state index in [1.54, 1.807) is 36.4 Å². The maximum atomic E-state index is 14.0. The van der Waals surface area contributed by atoms with E-state index in [1.807, 2.05) is 58.4 Å². The number of benzene rings is 4. The number of fused-ring (bicyclic) bond motifs is 2. The van der Waals surface area contributed by atoms with Crippen molar-refractivity contribution >= 4 is 91.7 Å². The Morgan fingerprint density at radius 1 is 0.527 bits per heavy atom. The zero-order valence-electron chi connectivity index (χ0n) is 41.2. The van der Waals surface area contributed by atoms with E-state index < -0.39 is 23.8 Å². The van der Waals surface area contributed by atoms with Gasteiger partial charge in [0.25, 0.3) is 23.6 Å². The summed E-state index contributed by atoms with van der Waals surface area (Å²) in [5, 5.41) is 30.7. The predicted octanol–water partition coefficient (Wildman–Crippen LogP) is 11.2. The van der Waals surface area contributed by atoms with Crippen LogP contribution < -0.4 is 0 Å². The first-order valence-corrected chi connectivity index (χ1v) is 26.5. The molecule has 4 aliphatic carbocycles. The fourth-order valence-electron chi connectivity index (χ4n) is 11.1. The van der Waals surface area contributed by atoms with E-state index in [-0.39, 0.29) is 23.6 Å². The predicted molar refractivity (Wildman–Crippen MR) is 282 cm³/mol. The first-order valence-electron chi connectivity index (χ1n) is 25.8. The number of nitrogens with zero attached hydrogens (tertiary/aromatic N) is 6. The molecule has 0 spiro atoms. The molecule has 0 radical (unpaired) electrons. The Balaban J connectivity index is 0.000000159. The molecule has 6 aromatic rings. The van der Waals surface area contributed by atoms with Crippen molar-refractivity contribution < 1.29 is 39.0 Å². The number of aromatic nitrogens is 4. The molecule has 0 unspecified atom stereocenters. The second-order valence-corrected chi connectivity index (χ2v) is 22.1. The summed E-state index contributed by atoms with van der Waals surface area (Å²) in [6, 6.07) is 21.9. The van der Waals surface area contributed by atoms with Gasteiger partial charge in [-0.3, -0.25) is 28.8 Å². The quantitative estimate of drug-likeness (QED) is 0.134. The van der Waals surface area contributed by atoms with Gasteiger partial charge in [-0.2, -0.15) is 19.6 Å². The number of carbonyl (C=O) groups is 6. The molecule has 74 heavy (non-hydrogen) atoms. The molecule has 0 bridgehead atoms. The van der Waals surface area contributed by atoms with Gasteiger partial charge in [0.1, 0.15) is 0 Å². The highest BCUT2D eigenvalue weighted by molar-refractivity contribution is 6.35. The van der Waals surface area contributed by atoms with Crippen LogP contribution in [-0.2, 0) is 9.59 Å². The normalized spacial score (nSPS) is 20.0. The van der Waals surface area contributed by atoms with Crippen LogP contribution in [0, 0.1) is 23.7 Å². The fourth-order valence-corrected chi connectivity index (χ4v) is 11.7. The molecule has 4 aromatic carbocycles. The molecule has 2 saturated heterocycles. The number of rotatable bonds is 10. The standard InChI is InChI=1S/2C29H28ClN3O4/c2*1-16-14-32(15-16)27(34)20-11-12-22-24(13-20)33(31-26(22)18-7-9-19(10-8-18)29(36)37)28(35)25-21(17-5-6-17)3-2-4-23(25)30/h2*2-4,7,11-13,16-17,19H,5-6,8-10,14-15H2,1H3,(H,36,37)/t2*19-/m10/s1. The lowest BCUT2D eigenvalue weighted by Crippen LogP contribution is -2.48. The second-order valence-electron chi connectivity index (χ2n) is 21.3. The zero-order chi connectivity index (χ0) is 51.7. The van der Waals surface area contributed by atoms with Crippen LogP contribution in [0.4, 0.5) is 0 Å². The van der Waals surface area contributed by atoms with Gasteiger partial charge in [-0.1, -0.05) is 73.5 Å². The molecule has 14 nitrogen and oxygen atoms in total. The Bertz CT molecular complexity index is 3180. The van der Waals surface area contributed by atoms with E-state index in [4.69, 9.17) is 33.4 Å². The number of amides is 2. The molecule has 4 heterocycles. The fraction of sp³-hybridized carbons (Fsp3) is 0.379. The van der Waals surface area contributed by atoms with Crippen LogP contribution in [0.25, 0.3) is 33.0 Å². The van der Waals surface area contributed by atoms with Crippen molar-refractivity contribution in [2.24, 2.45) is 23.7 Å². The van der Waals surface area contributed by atoms with Crippen LogP contribution in [0.1, 0.15) is 154 Å². The van der Waals surface area contributed by atoms with Crippen LogP contribution in [-0.4, -0.2) is 101 Å². The summed E-state index contributed by atoms with van der Waals surface area (Å²) in [5.74, 6) is -1.55. The molecule has 2 atom stereocenters. The zero-order valence-corrected chi connectivity index (χ0v) is 42.7. The Morgan fingerprint density at radius 2 is 0.919 bits per heavy atom. The van der Waals surface area contributed by atoms with Gasteiger partial charge in [0.15, 0.2) is 0 Å². The summed E-state index contributed by atoms with van der Waals surface area (Å²) in [7, 11) is 0. The highest BCUT2D eigenvalue weighted by Gasteiger charge is 2.36. The number of hydrogen-bond donors (Lipinski definition) is 2. The van der Waals surface area contributed by atoms with Crippen LogP contribution >= 0.6 is 23.2 Å². The van der Waals surface area contributed by atoms with Crippen LogP contribution in [0.15, 0.2) is 84.9 Å². The van der Waals surface area contributed by atoms with Crippen molar-refractivity contribution in [3.05, 3.63) is 140 Å². The van der Waals surface area contributed by atoms with Crippen molar-refractivity contribution in [3.8, 4) is 0 Å². The highest BCUT2D eigenvalue weighted by atomic mass is 35.5. The van der Waals surface area contributed by atoms with Crippen molar-refractivity contribution in [2.45, 2.75) is 89.9 Å². The lowest BCUT2D eigenvalue weighted by atomic mass is 9.87. The van der Waals surface area contributed by atoms with Crippen LogP contribution in [0.5, 0.6) is 0 Å². The molecule has 16 heteroatoms. The minimum atomic E-state index is -0.796. The average molecular weight is 1040 g/mol. The number of hydrogen-bond acceptors (Lipinski definition) is 8. The number of carboxylic acid groups (broad SMARTS) is 2. The third kappa shape index (κ3) is 9.35. The minimum Gasteiger partial charge on any atom is -0.481 e. The van der Waals surface area contributed by atoms with E-state index in [2.05, 4.69) is 13.8 Å². The highest BCUT2D eigenvalue weighted by Crippen LogP contribution is 2.45. The maximum Gasteiger partial charge on any atom is 0.306 e. The van der Waals surface area contributed by atoms with Gasteiger partial charge in [0, 0.05) is 48.1 Å². The van der Waals surface area contributed by atoms with Crippen molar-refractivity contribution in [1.29, 1.82) is 0 Å². The van der Waals surface area contributed by atoms with Gasteiger partial charge in [0.2, 0.25) is 0 Å². The Hall–Kier alpha value is -6.90. The lowest BCUT2D eigenvalue weighted by Gasteiger charge is -2.37. The van der Waals surface area contributed by atoms with Gasteiger partial charge in [-0.05, 0) is 159 Å². The van der Waals surface area contributed by atoms with Gasteiger partial charge < -0.3 is 20.0 Å². The van der Waals surface area contributed by atoms with E-state index in [0.717, 1.165) is 84.9 Å². The summed E-state index contributed by atoms with van der Waals surface area (Å²) in [6.45, 7) is 7.12. The van der Waals surface area contributed by atoms with E-state index in [9.17, 15) is 39.0 Å². The molecule has 2 aliphatic heterocycles. The lowest BCUT2D eigenvalue weighted by molar-refractivity contribution is -0.142. The van der Waals surface area contributed by atoms with E-state index >= 15 is 0 Å². The molecule has 12 rings (SSSR count). The summed E-state index contributed by atoms with van der Waals surface area (Å²) >= 11 is 13.1. The van der Waals surface area contributed by atoms with Gasteiger partial charge >= 0.3 is 11.9 Å². The third-order valence-electron chi connectivity index (χ3n) is 15.6. The van der Waals surface area contributed by atoms with Gasteiger partial charge in [-0.15, -0.1) is 0 Å². The number of carboxylic acids is 2. The molecular formula is C58H56Cl2N6O8. The Morgan fingerprint density at radius 3 is 1.24 bits per heavy atom. The van der Waals surface area contributed by atoms with Gasteiger partial charge in [0.05, 0.1) is 55.4 Å². The molecule has 2 N–H and O–H groups in total. The molecule has 2 saturated carbocycles. The number of likely N-dealkylation sites (tertiary alicyclic amines) is 2. The smallest absolute Gasteiger partial charge is 0.306 e. The summed E-state index contributed by atoms with van der Waals surface area (Å²) in [4.78, 5) is 80.8. The van der Waals surface area contributed by atoms with Crippen molar-refractivity contribution in [3.63, 3.8) is 0 Å². The topological polar surface area (TPSA) is 185 Å². The number of aliphatic carboxylic acids is 2. The number of carbonyl (C=O) groups excluding carboxylic acids is 4. The number of halogens is 2. The van der Waals surface area contributed by atoms with Crippen LogP contribution in [0.3, 0.4) is 0 Å². The van der Waals surface area contributed by atoms with E-state index in [0.29, 0.717) is 117 Å². The molecule has 2 aromatic heterocycles. The monoisotopic (exact) mass is 1030 g/mol. The molecule has 6 aliphatic rings. The largest absolute Gasteiger partial charge is 0.481 e. The molecule has 380 valence electrons. The van der Waals surface area contributed by atoms with Crippen LogP contribution in [0.2, 0.25) is 10.0 Å². The molecule has 2 amide bonds. The first kappa shape index (κ1) is 49.3. The van der Waals surface area contributed by atoms with Crippen molar-refractivity contribution in [2.75, 3.05) is 26.2 Å².